The number of anilines is 1. The second kappa shape index (κ2) is 10.2. The zero-order chi connectivity index (χ0) is 26.1. The predicted molar refractivity (Wildman–Crippen MR) is 137 cm³/mol. The monoisotopic (exact) mass is 591 g/mol. The van der Waals surface area contributed by atoms with Crippen molar-refractivity contribution in [1.29, 1.82) is 0 Å². The molecule has 0 aromatic heterocycles. The predicted octanol–water partition coefficient (Wildman–Crippen LogP) is 2.66. The van der Waals surface area contributed by atoms with Gasteiger partial charge in [-0.25, -0.2) is 26.9 Å². The molecule has 0 aliphatic carbocycles. The summed E-state index contributed by atoms with van der Waals surface area (Å²) in [6.07, 6.45) is -0.127. The molecule has 36 heavy (non-hydrogen) atoms. The van der Waals surface area contributed by atoms with E-state index in [1.165, 1.54) is 36.4 Å². The lowest BCUT2D eigenvalue weighted by atomic mass is 10.1. The van der Waals surface area contributed by atoms with Gasteiger partial charge in [0, 0.05) is 11.0 Å². The summed E-state index contributed by atoms with van der Waals surface area (Å²) in [6, 6.07) is 18.8. The molecule has 2 amide bonds. The third-order valence-corrected chi connectivity index (χ3v) is 9.16. The van der Waals surface area contributed by atoms with Gasteiger partial charge in [0.15, 0.2) is 0 Å². The summed E-state index contributed by atoms with van der Waals surface area (Å²) >= 11 is 3.28. The Kier molecular flexibility index (Phi) is 7.43. The minimum absolute atomic E-state index is 0.0197. The fraction of sp³-hybridized carbons (Fsp3) is 0.167. The number of hydrogen-bond acceptors (Lipinski definition) is 6. The van der Waals surface area contributed by atoms with Crippen LogP contribution in [-0.4, -0.2) is 45.5 Å². The maximum absolute atomic E-state index is 13.7. The first-order chi connectivity index (χ1) is 17.0. The summed E-state index contributed by atoms with van der Waals surface area (Å²) in [5, 5.41) is 5.14. The van der Waals surface area contributed by atoms with Gasteiger partial charge in [0.25, 0.3) is 5.91 Å². The number of nitrogens with two attached hydrogens (primary N) is 1. The quantitative estimate of drug-likeness (QED) is 0.400. The van der Waals surface area contributed by atoms with Crippen LogP contribution in [0.5, 0.6) is 0 Å². The van der Waals surface area contributed by atoms with E-state index in [9.17, 15) is 26.4 Å². The van der Waals surface area contributed by atoms with Crippen LogP contribution in [0.4, 0.5) is 5.69 Å². The molecule has 9 nitrogen and oxygen atoms in total. The summed E-state index contributed by atoms with van der Waals surface area (Å²) < 4.78 is 52.1. The first-order valence-corrected chi connectivity index (χ1v) is 14.6. The highest BCUT2D eigenvalue weighted by Gasteiger charge is 2.46. The summed E-state index contributed by atoms with van der Waals surface area (Å²) in [5.74, 6) is -1.12. The molecule has 1 unspecified atom stereocenters. The van der Waals surface area contributed by atoms with E-state index >= 15 is 0 Å². The van der Waals surface area contributed by atoms with E-state index in [-0.39, 0.29) is 29.2 Å². The van der Waals surface area contributed by atoms with E-state index in [4.69, 9.17) is 5.14 Å². The topological polar surface area (TPSA) is 135 Å². The summed E-state index contributed by atoms with van der Waals surface area (Å²) in [5.41, 5.74) is 1.00. The number of amides is 2. The van der Waals surface area contributed by atoms with Crippen LogP contribution < -0.4 is 10.0 Å². The third-order valence-electron chi connectivity index (χ3n) is 5.78. The molecule has 188 valence electrons. The van der Waals surface area contributed by atoms with E-state index in [1.54, 1.807) is 42.5 Å². The molecule has 3 aromatic carbocycles. The Balaban J connectivity index is 1.67. The van der Waals surface area contributed by atoms with Gasteiger partial charge in [-0.1, -0.05) is 46.3 Å². The minimum Gasteiger partial charge on any atom is -0.274 e. The zero-order valence-corrected chi connectivity index (χ0v) is 22.0. The minimum atomic E-state index is -4.17. The van der Waals surface area contributed by atoms with Crippen LogP contribution in [0.2, 0.25) is 0 Å². The second-order valence-electron chi connectivity index (χ2n) is 8.13. The van der Waals surface area contributed by atoms with E-state index in [0.717, 1.165) is 9.21 Å². The van der Waals surface area contributed by atoms with E-state index in [0.29, 0.717) is 15.7 Å². The molecule has 12 heteroatoms. The summed E-state index contributed by atoms with van der Waals surface area (Å²) in [4.78, 5) is 27.1. The zero-order valence-electron chi connectivity index (χ0n) is 18.8. The Morgan fingerprint density at radius 2 is 1.44 bits per heavy atom. The molecule has 1 saturated heterocycles. The molecular weight excluding hydrogens is 570 g/mol. The molecule has 0 radical (unpaired) electrons. The van der Waals surface area contributed by atoms with Crippen LogP contribution in [0.3, 0.4) is 0 Å². The number of rotatable bonds is 8. The van der Waals surface area contributed by atoms with Crippen LogP contribution in [0.1, 0.15) is 12.0 Å². The number of imide groups is 1. The van der Waals surface area contributed by atoms with Gasteiger partial charge in [0.1, 0.15) is 6.04 Å². The van der Waals surface area contributed by atoms with Crippen molar-refractivity contribution in [1.82, 2.24) is 4.31 Å². The number of carbonyl (C=O) groups excluding carboxylic acids is 2. The fourth-order valence-electron chi connectivity index (χ4n) is 3.96. The molecule has 0 bridgehead atoms. The van der Waals surface area contributed by atoms with Crippen molar-refractivity contribution in [2.45, 2.75) is 28.7 Å². The number of benzene rings is 3. The summed E-state index contributed by atoms with van der Waals surface area (Å²) in [6.45, 7) is -0.112. The average Bonchev–Trinajstić information content (AvgIpc) is 3.13. The van der Waals surface area contributed by atoms with Gasteiger partial charge in [-0.05, 0) is 60.5 Å². The number of sulfonamides is 2. The Labute approximate surface area is 217 Å². The highest BCUT2D eigenvalue weighted by atomic mass is 79.9. The van der Waals surface area contributed by atoms with Crippen LogP contribution in [0.15, 0.2) is 93.1 Å². The summed E-state index contributed by atoms with van der Waals surface area (Å²) in [7, 11) is -8.04. The van der Waals surface area contributed by atoms with Gasteiger partial charge in [0.05, 0.1) is 21.9 Å². The lowest BCUT2D eigenvalue weighted by molar-refractivity contribution is -0.122. The number of halogens is 1. The molecule has 4 rings (SSSR count). The lowest BCUT2D eigenvalue weighted by Crippen LogP contribution is -2.46. The van der Waals surface area contributed by atoms with Crippen LogP contribution in [0, 0.1) is 0 Å². The van der Waals surface area contributed by atoms with Gasteiger partial charge >= 0.3 is 0 Å². The van der Waals surface area contributed by atoms with Crippen molar-refractivity contribution in [2.24, 2.45) is 5.14 Å². The van der Waals surface area contributed by atoms with E-state index < -0.39 is 37.9 Å². The standard InChI is InChI=1S/C24H22BrN3O6S2/c25-18-8-12-21(13-9-18)36(33,34)27(15-14-17-6-10-20(11-7-17)35(26,31)32)22-16-23(29)28(24(22)30)19-4-2-1-3-5-19/h1-13,22H,14-16H2,(H2,26,31,32). The van der Waals surface area contributed by atoms with Gasteiger partial charge in [-0.15, -0.1) is 0 Å². The Morgan fingerprint density at radius 3 is 2.03 bits per heavy atom. The molecule has 0 saturated carbocycles. The van der Waals surface area contributed by atoms with Crippen LogP contribution in [0.25, 0.3) is 0 Å². The molecule has 1 aliphatic heterocycles. The van der Waals surface area contributed by atoms with Crippen molar-refractivity contribution < 1.29 is 26.4 Å². The molecule has 0 spiro atoms. The third kappa shape index (κ3) is 5.42. The van der Waals surface area contributed by atoms with Crippen molar-refractivity contribution in [3.8, 4) is 0 Å². The van der Waals surface area contributed by atoms with E-state index in [1.807, 2.05) is 0 Å². The Bertz CT molecular complexity index is 1490. The molecule has 2 N–H and O–H groups in total. The molecule has 1 aliphatic rings. The van der Waals surface area contributed by atoms with Crippen molar-refractivity contribution >= 4 is 53.5 Å². The van der Waals surface area contributed by atoms with Gasteiger partial charge in [0.2, 0.25) is 26.0 Å². The number of primary sulfonamides is 1. The van der Waals surface area contributed by atoms with Crippen molar-refractivity contribution in [3.05, 3.63) is 88.9 Å². The second-order valence-corrected chi connectivity index (χ2v) is 12.5. The van der Waals surface area contributed by atoms with E-state index in [2.05, 4.69) is 15.9 Å². The molecule has 3 aromatic rings. The SMILES string of the molecule is NS(=O)(=O)c1ccc(CCN(C2CC(=O)N(c3ccccc3)C2=O)S(=O)(=O)c2ccc(Br)cc2)cc1. The Hall–Kier alpha value is -2.90. The first kappa shape index (κ1) is 26.2. The molecule has 1 atom stereocenters. The highest BCUT2D eigenvalue weighted by Crippen LogP contribution is 2.30. The van der Waals surface area contributed by atoms with Crippen LogP contribution >= 0.6 is 15.9 Å². The van der Waals surface area contributed by atoms with Crippen molar-refractivity contribution in [3.63, 3.8) is 0 Å². The molecule has 1 fully saturated rings. The average molecular weight is 592 g/mol. The smallest absolute Gasteiger partial charge is 0.252 e. The maximum Gasteiger partial charge on any atom is 0.252 e. The first-order valence-electron chi connectivity index (χ1n) is 10.8. The van der Waals surface area contributed by atoms with Crippen molar-refractivity contribution in [2.75, 3.05) is 11.4 Å². The number of carbonyl (C=O) groups is 2. The number of para-hydroxylation sites is 1. The fourth-order valence-corrected chi connectivity index (χ4v) is 6.32. The largest absolute Gasteiger partial charge is 0.274 e. The number of nitrogens with zero attached hydrogens (tertiary/aromatic N) is 2. The maximum atomic E-state index is 13.7. The van der Waals surface area contributed by atoms with Crippen LogP contribution in [-0.2, 0) is 36.1 Å². The normalized spacial score (nSPS) is 16.6. The van der Waals surface area contributed by atoms with Gasteiger partial charge in [-0.3, -0.25) is 9.59 Å². The number of hydrogen-bond donors (Lipinski definition) is 1. The van der Waals surface area contributed by atoms with Gasteiger partial charge in [-0.2, -0.15) is 4.31 Å². The molecular formula is C24H22BrN3O6S2. The lowest BCUT2D eigenvalue weighted by Gasteiger charge is -2.27. The Morgan fingerprint density at radius 1 is 0.861 bits per heavy atom. The highest BCUT2D eigenvalue weighted by molar-refractivity contribution is 9.10. The van der Waals surface area contributed by atoms with Gasteiger partial charge < -0.3 is 0 Å². The molecule has 1 heterocycles.